The van der Waals surface area contributed by atoms with Crippen LogP contribution in [0.1, 0.15) is 42.6 Å². The Kier molecular flexibility index (Phi) is 3.80. The molecule has 1 aromatic heterocycles. The van der Waals surface area contributed by atoms with Crippen LogP contribution in [0.15, 0.2) is 5.38 Å². The molecule has 2 heterocycles. The highest BCUT2D eigenvalue weighted by molar-refractivity contribution is 7.03. The second-order valence-corrected chi connectivity index (χ2v) is 4.35. The van der Waals surface area contributed by atoms with Crippen molar-refractivity contribution in [2.24, 2.45) is 0 Å². The number of hydrogen-bond donors (Lipinski definition) is 0. The quantitative estimate of drug-likeness (QED) is 0.721. The molecule has 1 fully saturated rings. The highest BCUT2D eigenvalue weighted by Gasteiger charge is 2.16. The average Bonchev–Trinajstić information content (AvgIpc) is 2.90. The van der Waals surface area contributed by atoms with Crippen molar-refractivity contribution in [2.45, 2.75) is 38.2 Å². The van der Waals surface area contributed by atoms with Gasteiger partial charge < -0.3 is 4.74 Å². The van der Waals surface area contributed by atoms with E-state index in [1.807, 2.05) is 0 Å². The number of rotatable bonds is 5. The predicted molar refractivity (Wildman–Crippen MR) is 57.1 cm³/mol. The molecule has 5 heteroatoms. The second kappa shape index (κ2) is 5.32. The van der Waals surface area contributed by atoms with E-state index in [1.165, 1.54) is 11.5 Å². The fraction of sp³-hybridized carbons (Fsp3) is 0.700. The second-order valence-electron chi connectivity index (χ2n) is 3.74. The molecule has 0 spiro atoms. The number of aromatic nitrogens is 2. The number of carbonyl (C=O) groups is 1. The van der Waals surface area contributed by atoms with E-state index in [2.05, 4.69) is 9.59 Å². The molecule has 82 valence electrons. The summed E-state index contributed by atoms with van der Waals surface area (Å²) in [6.07, 6.45) is 5.13. The molecule has 0 saturated carbocycles. The molecule has 1 unspecified atom stereocenters. The lowest BCUT2D eigenvalue weighted by molar-refractivity contribution is 0.0919. The van der Waals surface area contributed by atoms with Gasteiger partial charge in [0, 0.05) is 18.4 Å². The Morgan fingerprint density at radius 2 is 2.60 bits per heavy atom. The van der Waals surface area contributed by atoms with Crippen LogP contribution in [-0.4, -0.2) is 28.1 Å². The molecule has 0 aromatic carbocycles. The van der Waals surface area contributed by atoms with Crippen molar-refractivity contribution in [1.29, 1.82) is 0 Å². The summed E-state index contributed by atoms with van der Waals surface area (Å²) in [4.78, 5) is 11.5. The molecule has 1 saturated heterocycles. The predicted octanol–water partition coefficient (Wildman–Crippen LogP) is 2.07. The van der Waals surface area contributed by atoms with E-state index in [4.69, 9.17) is 4.74 Å². The van der Waals surface area contributed by atoms with Crippen LogP contribution < -0.4 is 0 Å². The average molecular weight is 226 g/mol. The van der Waals surface area contributed by atoms with Crippen LogP contribution >= 0.6 is 11.5 Å². The number of nitrogens with zero attached hydrogens (tertiary/aromatic N) is 2. The summed E-state index contributed by atoms with van der Waals surface area (Å²) in [5.41, 5.74) is 0.507. The summed E-state index contributed by atoms with van der Waals surface area (Å²) in [5, 5.41) is 5.46. The molecule has 0 amide bonds. The van der Waals surface area contributed by atoms with Gasteiger partial charge in [0.25, 0.3) is 0 Å². The van der Waals surface area contributed by atoms with Gasteiger partial charge in [-0.25, -0.2) is 0 Å². The first-order valence-corrected chi connectivity index (χ1v) is 6.12. The first kappa shape index (κ1) is 10.7. The molecule has 1 aromatic rings. The van der Waals surface area contributed by atoms with Gasteiger partial charge in [-0.05, 0) is 37.2 Å². The van der Waals surface area contributed by atoms with Gasteiger partial charge in [-0.2, -0.15) is 0 Å². The molecule has 0 radical (unpaired) electrons. The molecular weight excluding hydrogens is 212 g/mol. The zero-order valence-corrected chi connectivity index (χ0v) is 9.33. The highest BCUT2D eigenvalue weighted by Crippen LogP contribution is 2.18. The van der Waals surface area contributed by atoms with E-state index >= 15 is 0 Å². The molecule has 1 aliphatic heterocycles. The van der Waals surface area contributed by atoms with Crippen molar-refractivity contribution in [3.8, 4) is 0 Å². The van der Waals surface area contributed by atoms with Crippen LogP contribution in [0.25, 0.3) is 0 Å². The summed E-state index contributed by atoms with van der Waals surface area (Å²) >= 11 is 1.22. The Morgan fingerprint density at radius 1 is 1.67 bits per heavy atom. The zero-order valence-electron chi connectivity index (χ0n) is 8.52. The van der Waals surface area contributed by atoms with Crippen molar-refractivity contribution in [3.63, 3.8) is 0 Å². The number of ether oxygens (including phenoxy) is 1. The third-order valence-electron chi connectivity index (χ3n) is 2.60. The normalized spacial score (nSPS) is 20.7. The van der Waals surface area contributed by atoms with Crippen LogP contribution in [0, 0.1) is 0 Å². The first-order valence-electron chi connectivity index (χ1n) is 5.28. The third-order valence-corrected chi connectivity index (χ3v) is 3.10. The van der Waals surface area contributed by atoms with Crippen LogP contribution in [0.4, 0.5) is 0 Å². The summed E-state index contributed by atoms with van der Waals surface area (Å²) in [6, 6.07) is 0. The van der Waals surface area contributed by atoms with Gasteiger partial charge in [-0.3, -0.25) is 4.79 Å². The molecule has 0 N–H and O–H groups in total. The van der Waals surface area contributed by atoms with Crippen molar-refractivity contribution < 1.29 is 9.53 Å². The molecule has 0 bridgehead atoms. The van der Waals surface area contributed by atoms with Gasteiger partial charge in [0.15, 0.2) is 5.78 Å². The maximum atomic E-state index is 11.5. The SMILES string of the molecule is O=C(CCCC1CCCO1)c1csnn1. The fourth-order valence-corrected chi connectivity index (χ4v) is 2.24. The van der Waals surface area contributed by atoms with E-state index in [9.17, 15) is 4.79 Å². The molecule has 1 atom stereocenters. The van der Waals surface area contributed by atoms with Gasteiger partial charge in [0.2, 0.25) is 0 Å². The van der Waals surface area contributed by atoms with Gasteiger partial charge in [-0.15, -0.1) is 5.10 Å². The van der Waals surface area contributed by atoms with Crippen LogP contribution in [0.5, 0.6) is 0 Å². The number of carbonyl (C=O) groups excluding carboxylic acids is 1. The molecule has 1 aliphatic rings. The molecule has 4 nitrogen and oxygen atoms in total. The van der Waals surface area contributed by atoms with E-state index in [-0.39, 0.29) is 5.78 Å². The summed E-state index contributed by atoms with van der Waals surface area (Å²) < 4.78 is 9.16. The van der Waals surface area contributed by atoms with Crippen molar-refractivity contribution in [1.82, 2.24) is 9.59 Å². The lowest BCUT2D eigenvalue weighted by Crippen LogP contribution is -2.06. The number of hydrogen-bond acceptors (Lipinski definition) is 5. The van der Waals surface area contributed by atoms with Gasteiger partial charge in [0.1, 0.15) is 5.69 Å². The Hall–Kier alpha value is -0.810. The van der Waals surface area contributed by atoms with E-state index in [1.54, 1.807) is 5.38 Å². The standard InChI is InChI=1S/C10H14N2O2S/c13-10(9-7-15-12-11-9)5-1-3-8-4-2-6-14-8/h7-8H,1-6H2. The van der Waals surface area contributed by atoms with Crippen molar-refractivity contribution in [2.75, 3.05) is 6.61 Å². The highest BCUT2D eigenvalue weighted by atomic mass is 32.1. The first-order chi connectivity index (χ1) is 7.36. The Labute approximate surface area is 92.8 Å². The van der Waals surface area contributed by atoms with Crippen LogP contribution in [-0.2, 0) is 4.74 Å². The molecule has 2 rings (SSSR count). The van der Waals surface area contributed by atoms with Crippen molar-refractivity contribution >= 4 is 17.3 Å². The van der Waals surface area contributed by atoms with E-state index < -0.39 is 0 Å². The van der Waals surface area contributed by atoms with Crippen molar-refractivity contribution in [3.05, 3.63) is 11.1 Å². The maximum absolute atomic E-state index is 11.5. The number of ketones is 1. The fourth-order valence-electron chi connectivity index (χ4n) is 1.78. The molecule has 15 heavy (non-hydrogen) atoms. The Bertz CT molecular complexity index is 307. The minimum atomic E-state index is 0.0988. The van der Waals surface area contributed by atoms with Crippen LogP contribution in [0.2, 0.25) is 0 Å². The largest absolute Gasteiger partial charge is 0.378 e. The Balaban J connectivity index is 1.67. The monoisotopic (exact) mass is 226 g/mol. The minimum absolute atomic E-state index is 0.0988. The smallest absolute Gasteiger partial charge is 0.184 e. The Morgan fingerprint density at radius 3 is 3.27 bits per heavy atom. The zero-order chi connectivity index (χ0) is 10.5. The van der Waals surface area contributed by atoms with Gasteiger partial charge >= 0.3 is 0 Å². The van der Waals surface area contributed by atoms with E-state index in [0.717, 1.165) is 32.3 Å². The topological polar surface area (TPSA) is 52.1 Å². The van der Waals surface area contributed by atoms with Gasteiger partial charge in [-0.1, -0.05) is 4.49 Å². The van der Waals surface area contributed by atoms with Gasteiger partial charge in [0.05, 0.1) is 6.10 Å². The summed E-state index contributed by atoms with van der Waals surface area (Å²) in [6.45, 7) is 0.884. The lowest BCUT2D eigenvalue weighted by Gasteiger charge is -2.07. The number of Topliss-reactive ketones (excluding diaryl/α,β-unsaturated/α-hetero) is 1. The summed E-state index contributed by atoms with van der Waals surface area (Å²) in [5.74, 6) is 0.0988. The maximum Gasteiger partial charge on any atom is 0.184 e. The molecular formula is C10H14N2O2S. The molecule has 0 aliphatic carbocycles. The van der Waals surface area contributed by atoms with Crippen LogP contribution in [0.3, 0.4) is 0 Å². The van der Waals surface area contributed by atoms with E-state index in [0.29, 0.717) is 18.2 Å². The minimum Gasteiger partial charge on any atom is -0.378 e. The lowest BCUT2D eigenvalue weighted by atomic mass is 10.1. The summed E-state index contributed by atoms with van der Waals surface area (Å²) in [7, 11) is 0. The third kappa shape index (κ3) is 3.07.